The minimum Gasteiger partial charge on any atom is -0.502 e. The summed E-state index contributed by atoms with van der Waals surface area (Å²) >= 11 is 0. The molecule has 1 aliphatic rings. The van der Waals surface area contributed by atoms with Crippen LogP contribution in [-0.4, -0.2) is 36.1 Å². The first-order valence-corrected chi connectivity index (χ1v) is 9.80. The van der Waals surface area contributed by atoms with Crippen LogP contribution in [0, 0.1) is 0 Å². The number of aliphatic hydroxyl groups excluding tert-OH is 1. The van der Waals surface area contributed by atoms with Crippen LogP contribution in [0.15, 0.2) is 54.3 Å². The van der Waals surface area contributed by atoms with E-state index in [1.807, 2.05) is 13.8 Å². The average molecular weight is 409 g/mol. The lowest BCUT2D eigenvalue weighted by Crippen LogP contribution is -2.31. The van der Waals surface area contributed by atoms with Crippen LogP contribution in [0.5, 0.6) is 5.75 Å². The van der Waals surface area contributed by atoms with Crippen LogP contribution >= 0.6 is 0 Å². The van der Waals surface area contributed by atoms with E-state index in [-0.39, 0.29) is 11.3 Å². The maximum atomic E-state index is 12.9. The van der Waals surface area contributed by atoms with Gasteiger partial charge in [0, 0.05) is 0 Å². The van der Waals surface area contributed by atoms with Gasteiger partial charge in [0.05, 0.1) is 30.0 Å². The molecule has 2 aromatic carbocycles. The molecule has 30 heavy (non-hydrogen) atoms. The molecule has 0 bridgehead atoms. The van der Waals surface area contributed by atoms with E-state index >= 15 is 0 Å². The molecular formula is C23H23NO6. The number of esters is 1. The number of anilines is 1. The summed E-state index contributed by atoms with van der Waals surface area (Å²) in [5.74, 6) is -1.92. The molecule has 1 aliphatic heterocycles. The lowest BCUT2D eigenvalue weighted by atomic mass is 10.1. The number of amides is 2. The highest BCUT2D eigenvalue weighted by molar-refractivity contribution is 6.44. The van der Waals surface area contributed by atoms with Crippen molar-refractivity contribution in [1.29, 1.82) is 0 Å². The van der Waals surface area contributed by atoms with Gasteiger partial charge in [-0.2, -0.15) is 0 Å². The lowest BCUT2D eigenvalue weighted by molar-refractivity contribution is -0.121. The maximum absolute atomic E-state index is 12.9. The highest BCUT2D eigenvalue weighted by Gasteiger charge is 2.40. The summed E-state index contributed by atoms with van der Waals surface area (Å²) < 4.78 is 10.5. The molecule has 2 aromatic rings. The van der Waals surface area contributed by atoms with E-state index in [4.69, 9.17) is 9.47 Å². The van der Waals surface area contributed by atoms with Gasteiger partial charge in [0.15, 0.2) is 5.76 Å². The number of hydrogen-bond donors (Lipinski definition) is 1. The van der Waals surface area contributed by atoms with Gasteiger partial charge in [-0.1, -0.05) is 25.5 Å². The van der Waals surface area contributed by atoms with Crippen LogP contribution < -0.4 is 9.64 Å². The van der Waals surface area contributed by atoms with Crippen molar-refractivity contribution < 1.29 is 29.0 Å². The Balaban J connectivity index is 1.79. The van der Waals surface area contributed by atoms with Crippen molar-refractivity contribution in [2.75, 3.05) is 18.1 Å². The Labute approximate surface area is 174 Å². The fraction of sp³-hybridized carbons (Fsp3) is 0.261. The van der Waals surface area contributed by atoms with Crippen molar-refractivity contribution >= 4 is 29.0 Å². The van der Waals surface area contributed by atoms with Crippen molar-refractivity contribution in [3.05, 3.63) is 65.4 Å². The molecule has 0 saturated carbocycles. The first-order chi connectivity index (χ1) is 14.5. The van der Waals surface area contributed by atoms with Gasteiger partial charge in [-0.05, 0) is 55.3 Å². The van der Waals surface area contributed by atoms with Crippen LogP contribution in [0.4, 0.5) is 5.69 Å². The summed E-state index contributed by atoms with van der Waals surface area (Å²) in [4.78, 5) is 38.3. The van der Waals surface area contributed by atoms with Gasteiger partial charge in [0.1, 0.15) is 5.75 Å². The molecule has 7 heteroatoms. The second-order valence-electron chi connectivity index (χ2n) is 6.66. The van der Waals surface area contributed by atoms with E-state index in [1.54, 1.807) is 24.3 Å². The minimum absolute atomic E-state index is 0.0777. The Bertz CT molecular complexity index is 976. The molecule has 0 aromatic heterocycles. The summed E-state index contributed by atoms with van der Waals surface area (Å²) in [6.45, 7) is 4.69. The van der Waals surface area contributed by atoms with Crippen LogP contribution in [0.2, 0.25) is 0 Å². The molecule has 2 amide bonds. The second kappa shape index (κ2) is 9.26. The van der Waals surface area contributed by atoms with Crippen molar-refractivity contribution in [2.24, 2.45) is 0 Å². The molecule has 0 fully saturated rings. The second-order valence-corrected chi connectivity index (χ2v) is 6.66. The normalized spacial score (nSPS) is 13.7. The third kappa shape index (κ3) is 4.20. The van der Waals surface area contributed by atoms with Gasteiger partial charge in [0.2, 0.25) is 0 Å². The van der Waals surface area contributed by atoms with E-state index in [0.717, 1.165) is 17.7 Å². The smallest absolute Gasteiger partial charge is 0.338 e. The fourth-order valence-electron chi connectivity index (χ4n) is 3.04. The Hall–Kier alpha value is -3.61. The Morgan fingerprint density at radius 2 is 1.63 bits per heavy atom. The summed E-state index contributed by atoms with van der Waals surface area (Å²) in [5, 5.41) is 10.3. The number of carbonyl (C=O) groups is 3. The molecule has 0 atom stereocenters. The van der Waals surface area contributed by atoms with Gasteiger partial charge in [-0.25, -0.2) is 9.69 Å². The summed E-state index contributed by atoms with van der Waals surface area (Å²) in [6.07, 6.45) is 1.69. The zero-order valence-electron chi connectivity index (χ0n) is 16.9. The lowest BCUT2D eigenvalue weighted by Gasteiger charge is -2.15. The topological polar surface area (TPSA) is 93.1 Å². The van der Waals surface area contributed by atoms with E-state index in [2.05, 4.69) is 0 Å². The Morgan fingerprint density at radius 3 is 2.23 bits per heavy atom. The highest BCUT2D eigenvalue weighted by atomic mass is 16.5. The van der Waals surface area contributed by atoms with Gasteiger partial charge in [-0.15, -0.1) is 0 Å². The molecule has 7 nitrogen and oxygen atoms in total. The number of hydrogen-bond acceptors (Lipinski definition) is 6. The number of ether oxygens (including phenoxy) is 2. The number of aliphatic hydroxyl groups is 1. The number of benzene rings is 2. The SMILES string of the molecule is CCCCOC(=O)c1ccc(N2C(=O)C(O)=C(c3ccc(OCC)cc3)C2=O)cc1. The third-order valence-electron chi connectivity index (χ3n) is 4.61. The van der Waals surface area contributed by atoms with Crippen molar-refractivity contribution in [2.45, 2.75) is 26.7 Å². The van der Waals surface area contributed by atoms with E-state index in [9.17, 15) is 19.5 Å². The molecule has 0 unspecified atom stereocenters. The minimum atomic E-state index is -0.817. The van der Waals surface area contributed by atoms with E-state index < -0.39 is 23.5 Å². The predicted molar refractivity (Wildman–Crippen MR) is 111 cm³/mol. The predicted octanol–water partition coefficient (Wildman–Crippen LogP) is 3.88. The number of rotatable bonds is 8. The standard InChI is InChI=1S/C23H23NO6/c1-3-5-14-30-23(28)16-6-10-17(11-7-16)24-21(26)19(20(25)22(24)27)15-8-12-18(13-9-15)29-4-2/h6-13,25H,3-5,14H2,1-2H3. The molecule has 156 valence electrons. The monoisotopic (exact) mass is 409 g/mol. The quantitative estimate of drug-likeness (QED) is 0.404. The van der Waals surface area contributed by atoms with Crippen molar-refractivity contribution in [1.82, 2.24) is 0 Å². The molecule has 0 aliphatic carbocycles. The number of nitrogens with zero attached hydrogens (tertiary/aromatic N) is 1. The number of carbonyl (C=O) groups excluding carboxylic acids is 3. The fourth-order valence-corrected chi connectivity index (χ4v) is 3.04. The highest BCUT2D eigenvalue weighted by Crippen LogP contribution is 2.32. The summed E-state index contributed by atoms with van der Waals surface area (Å²) in [7, 11) is 0. The molecule has 0 spiro atoms. The Morgan fingerprint density at radius 1 is 0.967 bits per heavy atom. The van der Waals surface area contributed by atoms with Crippen LogP contribution in [-0.2, 0) is 14.3 Å². The molecular weight excluding hydrogens is 386 g/mol. The average Bonchev–Trinajstić information content (AvgIpc) is 2.97. The van der Waals surface area contributed by atoms with Gasteiger partial charge in [0.25, 0.3) is 5.91 Å². The van der Waals surface area contributed by atoms with E-state index in [0.29, 0.717) is 30.1 Å². The van der Waals surface area contributed by atoms with Gasteiger partial charge in [-0.3, -0.25) is 9.59 Å². The van der Waals surface area contributed by atoms with Crippen molar-refractivity contribution in [3.63, 3.8) is 0 Å². The number of unbranched alkanes of at least 4 members (excludes halogenated alkanes) is 1. The summed E-state index contributed by atoms with van der Waals surface area (Å²) in [5.41, 5.74) is 0.902. The van der Waals surface area contributed by atoms with Crippen LogP contribution in [0.25, 0.3) is 5.57 Å². The molecule has 3 rings (SSSR count). The Kier molecular flexibility index (Phi) is 6.51. The molecule has 0 saturated heterocycles. The molecule has 1 N–H and O–H groups in total. The maximum Gasteiger partial charge on any atom is 0.338 e. The van der Waals surface area contributed by atoms with Gasteiger partial charge >= 0.3 is 11.9 Å². The molecule has 0 radical (unpaired) electrons. The van der Waals surface area contributed by atoms with E-state index in [1.165, 1.54) is 24.3 Å². The zero-order chi connectivity index (χ0) is 21.7. The number of imide groups is 1. The van der Waals surface area contributed by atoms with Gasteiger partial charge < -0.3 is 14.6 Å². The first-order valence-electron chi connectivity index (χ1n) is 9.80. The third-order valence-corrected chi connectivity index (χ3v) is 4.61. The van der Waals surface area contributed by atoms with Crippen LogP contribution in [0.1, 0.15) is 42.6 Å². The molecule has 1 heterocycles. The first kappa shape index (κ1) is 21.1. The van der Waals surface area contributed by atoms with Crippen molar-refractivity contribution in [3.8, 4) is 5.75 Å². The summed E-state index contributed by atoms with van der Waals surface area (Å²) in [6, 6.07) is 12.5. The van der Waals surface area contributed by atoms with Crippen LogP contribution in [0.3, 0.4) is 0 Å². The zero-order valence-corrected chi connectivity index (χ0v) is 16.9. The largest absolute Gasteiger partial charge is 0.502 e.